The molecule has 0 radical (unpaired) electrons. The maximum Gasteiger partial charge on any atom is 0.304 e. The smallest absolute Gasteiger partial charge is 0.304 e. The third-order valence-corrected chi connectivity index (χ3v) is 6.68. The Kier molecular flexibility index (Phi) is 6.01. The number of benzene rings is 1. The zero-order chi connectivity index (χ0) is 22.0. The van der Waals surface area contributed by atoms with Gasteiger partial charge in [0.25, 0.3) is 0 Å². The van der Waals surface area contributed by atoms with Crippen molar-refractivity contribution in [3.63, 3.8) is 0 Å². The number of aromatic nitrogens is 1. The number of nitrogens with one attached hydrogen (secondary N) is 1. The van der Waals surface area contributed by atoms with Crippen molar-refractivity contribution in [2.24, 2.45) is 0 Å². The molecule has 0 spiro atoms. The van der Waals surface area contributed by atoms with Gasteiger partial charge in [0.15, 0.2) is 0 Å². The van der Waals surface area contributed by atoms with Crippen molar-refractivity contribution in [2.45, 2.75) is 31.8 Å². The van der Waals surface area contributed by atoms with Gasteiger partial charge >= 0.3 is 10.2 Å². The summed E-state index contributed by atoms with van der Waals surface area (Å²) in [6.45, 7) is -0.523. The third-order valence-electron chi connectivity index (χ3n) is 5.24. The summed E-state index contributed by atoms with van der Waals surface area (Å²) in [5.41, 5.74) is 0.488. The van der Waals surface area contributed by atoms with Crippen LogP contribution in [0.3, 0.4) is 0 Å². The van der Waals surface area contributed by atoms with Crippen molar-refractivity contribution in [1.29, 1.82) is 0 Å². The first-order chi connectivity index (χ1) is 14.8. The SMILES string of the molecule is O=C1CN(C/C=C/c2c(F)cc(-c3cccnc3OC3CCCC3)cc2F)S(=O)(=O)N1. The summed E-state index contributed by atoms with van der Waals surface area (Å²) in [6, 6.07) is 5.76. The second-order valence-corrected chi connectivity index (χ2v) is 9.13. The van der Waals surface area contributed by atoms with E-state index in [0.29, 0.717) is 17.0 Å². The van der Waals surface area contributed by atoms with E-state index in [1.807, 2.05) is 4.72 Å². The maximum atomic E-state index is 14.7. The molecular formula is C21H21F2N3O4S. The Bertz CT molecular complexity index is 1110. The number of hydrogen-bond donors (Lipinski definition) is 1. The molecule has 1 N–H and O–H groups in total. The van der Waals surface area contributed by atoms with Crippen LogP contribution in [0.5, 0.6) is 5.88 Å². The lowest BCUT2D eigenvalue weighted by molar-refractivity contribution is -0.118. The standard InChI is InChI=1S/C21H21F2N3O4S/c22-18-11-14(16-7-3-9-24-21(16)30-15-5-1-2-6-15)12-19(23)17(18)8-4-10-26-13-20(27)25-31(26,28)29/h3-4,7-9,11-12,15H,1-2,5-6,10,13H2,(H,25,27)/b8-4+. The van der Waals surface area contributed by atoms with Gasteiger partial charge in [-0.15, -0.1) is 0 Å². The number of pyridine rings is 1. The lowest BCUT2D eigenvalue weighted by Gasteiger charge is -2.15. The number of amides is 1. The van der Waals surface area contributed by atoms with Gasteiger partial charge in [-0.25, -0.2) is 18.5 Å². The fourth-order valence-electron chi connectivity index (χ4n) is 3.70. The Balaban J connectivity index is 1.55. The summed E-state index contributed by atoms with van der Waals surface area (Å²) in [6.07, 6.45) is 8.09. The molecule has 10 heteroatoms. The molecule has 1 saturated carbocycles. The summed E-state index contributed by atoms with van der Waals surface area (Å²) >= 11 is 0. The molecule has 1 aromatic heterocycles. The minimum Gasteiger partial charge on any atom is -0.474 e. The van der Waals surface area contributed by atoms with Crippen LogP contribution >= 0.6 is 0 Å². The van der Waals surface area contributed by atoms with Gasteiger partial charge in [0.1, 0.15) is 17.7 Å². The molecule has 2 fully saturated rings. The number of nitrogens with zero attached hydrogens (tertiary/aromatic N) is 2. The molecule has 1 aromatic carbocycles. The summed E-state index contributed by atoms with van der Waals surface area (Å²) in [5, 5.41) is 0. The molecule has 31 heavy (non-hydrogen) atoms. The predicted octanol–water partition coefficient (Wildman–Crippen LogP) is 3.04. The average Bonchev–Trinajstić information content (AvgIpc) is 3.31. The van der Waals surface area contributed by atoms with E-state index in [1.54, 1.807) is 18.3 Å². The Morgan fingerprint density at radius 3 is 2.58 bits per heavy atom. The molecule has 0 bridgehead atoms. The topological polar surface area (TPSA) is 88.6 Å². The number of carbonyl (C=O) groups is 1. The molecule has 2 aliphatic rings. The van der Waals surface area contributed by atoms with Crippen LogP contribution in [0.1, 0.15) is 31.2 Å². The Labute approximate surface area is 178 Å². The minimum atomic E-state index is -3.89. The third kappa shape index (κ3) is 4.75. The zero-order valence-electron chi connectivity index (χ0n) is 16.6. The van der Waals surface area contributed by atoms with Crippen LogP contribution in [0, 0.1) is 11.6 Å². The minimum absolute atomic E-state index is 0.0498. The number of halogens is 2. The van der Waals surface area contributed by atoms with Crippen molar-refractivity contribution in [2.75, 3.05) is 13.1 Å². The van der Waals surface area contributed by atoms with E-state index in [4.69, 9.17) is 4.74 Å². The van der Waals surface area contributed by atoms with E-state index < -0.39 is 27.8 Å². The highest BCUT2D eigenvalue weighted by molar-refractivity contribution is 7.88. The zero-order valence-corrected chi connectivity index (χ0v) is 17.4. The van der Waals surface area contributed by atoms with Crippen LogP contribution in [0.15, 0.2) is 36.5 Å². The number of ether oxygens (including phenoxy) is 1. The molecule has 1 aliphatic heterocycles. The van der Waals surface area contributed by atoms with Gasteiger partial charge in [-0.05, 0) is 55.5 Å². The van der Waals surface area contributed by atoms with E-state index in [1.165, 1.54) is 18.2 Å². The Hall–Kier alpha value is -2.85. The highest BCUT2D eigenvalue weighted by Gasteiger charge is 2.32. The van der Waals surface area contributed by atoms with Crippen LogP contribution in [-0.2, 0) is 15.0 Å². The number of rotatable bonds is 6. The van der Waals surface area contributed by atoms with Gasteiger partial charge in [-0.1, -0.05) is 12.2 Å². The highest BCUT2D eigenvalue weighted by Crippen LogP contribution is 2.33. The van der Waals surface area contributed by atoms with E-state index in [2.05, 4.69) is 4.98 Å². The molecule has 0 atom stereocenters. The van der Waals surface area contributed by atoms with Crippen LogP contribution in [-0.4, -0.2) is 42.8 Å². The second kappa shape index (κ2) is 8.72. The lowest BCUT2D eigenvalue weighted by atomic mass is 10.0. The molecule has 0 unspecified atom stereocenters. The number of carbonyl (C=O) groups excluding carboxylic acids is 1. The molecule has 164 valence electrons. The molecule has 1 aliphatic carbocycles. The Morgan fingerprint density at radius 1 is 1.23 bits per heavy atom. The van der Waals surface area contributed by atoms with E-state index in [9.17, 15) is 22.0 Å². The van der Waals surface area contributed by atoms with Gasteiger partial charge in [0.05, 0.1) is 6.54 Å². The molecule has 1 saturated heterocycles. The van der Waals surface area contributed by atoms with Crippen molar-refractivity contribution >= 4 is 22.2 Å². The highest BCUT2D eigenvalue weighted by atomic mass is 32.2. The van der Waals surface area contributed by atoms with Crippen molar-refractivity contribution in [3.8, 4) is 17.0 Å². The summed E-state index contributed by atoms with van der Waals surface area (Å²) < 4.78 is 61.5. The summed E-state index contributed by atoms with van der Waals surface area (Å²) in [7, 11) is -3.89. The molecule has 2 aromatic rings. The number of hydrogen-bond acceptors (Lipinski definition) is 5. The largest absolute Gasteiger partial charge is 0.474 e. The summed E-state index contributed by atoms with van der Waals surface area (Å²) in [5.74, 6) is -1.92. The van der Waals surface area contributed by atoms with Crippen LogP contribution in [0.4, 0.5) is 8.78 Å². The van der Waals surface area contributed by atoms with E-state index in [0.717, 1.165) is 36.1 Å². The lowest BCUT2D eigenvalue weighted by Crippen LogP contribution is -2.29. The van der Waals surface area contributed by atoms with Crippen LogP contribution in [0.25, 0.3) is 17.2 Å². The molecule has 4 rings (SSSR count). The monoisotopic (exact) mass is 449 g/mol. The van der Waals surface area contributed by atoms with Gasteiger partial charge in [-0.2, -0.15) is 12.7 Å². The first kappa shape index (κ1) is 21.4. The fraction of sp³-hybridized carbons (Fsp3) is 0.333. The predicted molar refractivity (Wildman–Crippen MR) is 110 cm³/mol. The maximum absolute atomic E-state index is 14.7. The second-order valence-electron chi connectivity index (χ2n) is 7.46. The van der Waals surface area contributed by atoms with Crippen LogP contribution in [0.2, 0.25) is 0 Å². The van der Waals surface area contributed by atoms with Crippen molar-refractivity contribution in [1.82, 2.24) is 14.0 Å². The van der Waals surface area contributed by atoms with Crippen molar-refractivity contribution in [3.05, 3.63) is 53.7 Å². The van der Waals surface area contributed by atoms with E-state index in [-0.39, 0.29) is 24.8 Å². The fourth-order valence-corrected chi connectivity index (χ4v) is 4.76. The van der Waals surface area contributed by atoms with E-state index >= 15 is 0 Å². The summed E-state index contributed by atoms with van der Waals surface area (Å²) in [4.78, 5) is 15.5. The molecular weight excluding hydrogens is 428 g/mol. The first-order valence-electron chi connectivity index (χ1n) is 9.92. The van der Waals surface area contributed by atoms with Crippen molar-refractivity contribution < 1.29 is 26.7 Å². The van der Waals surface area contributed by atoms with Gasteiger partial charge < -0.3 is 4.74 Å². The van der Waals surface area contributed by atoms with Gasteiger partial charge in [0.2, 0.25) is 11.8 Å². The quantitative estimate of drug-likeness (QED) is 0.732. The Morgan fingerprint density at radius 2 is 1.94 bits per heavy atom. The van der Waals surface area contributed by atoms with Crippen LogP contribution < -0.4 is 9.46 Å². The van der Waals surface area contributed by atoms with Gasteiger partial charge in [-0.3, -0.25) is 4.79 Å². The normalized spacial score (nSPS) is 19.2. The molecule has 1 amide bonds. The first-order valence-corrected chi connectivity index (χ1v) is 11.4. The van der Waals surface area contributed by atoms with Gasteiger partial charge in [0, 0.05) is 23.9 Å². The molecule has 2 heterocycles. The molecule has 7 nitrogen and oxygen atoms in total. The average molecular weight is 449 g/mol.